The van der Waals surface area contributed by atoms with Crippen LogP contribution < -0.4 is 0 Å². The van der Waals surface area contributed by atoms with Crippen molar-refractivity contribution in [3.05, 3.63) is 75.8 Å². The molecule has 3 aliphatic rings. The fourth-order valence-electron chi connectivity index (χ4n) is 7.05. The van der Waals surface area contributed by atoms with Gasteiger partial charge in [-0.2, -0.15) is 0 Å². The van der Waals surface area contributed by atoms with Crippen LogP contribution in [0.3, 0.4) is 0 Å². The second-order valence-corrected chi connectivity index (χ2v) is 11.9. The van der Waals surface area contributed by atoms with Gasteiger partial charge in [0, 0.05) is 12.0 Å². The maximum Gasteiger partial charge on any atom is 0.234 e. The number of phenolic OH excluding ortho intramolecular Hbond substituents is 1. The SMILES string of the molecule is O=C1[C@@H]2[C@@H](CC(CO)=C([C@H](O)CC/C(=C/c3ccc(O)cc3Cl)c3ccccc3)[C@@H]2CO)C(=O)N1C1CCCCC1. The Morgan fingerprint density at radius 1 is 1.02 bits per heavy atom. The van der Waals surface area contributed by atoms with Crippen LogP contribution in [0.2, 0.25) is 5.02 Å². The first kappa shape index (κ1) is 29.5. The number of carbonyl (C=O) groups excluding carboxylic acids is 2. The van der Waals surface area contributed by atoms with Crippen molar-refractivity contribution in [2.75, 3.05) is 13.2 Å². The lowest BCUT2D eigenvalue weighted by atomic mass is 9.68. The molecule has 4 atom stereocenters. The molecule has 1 heterocycles. The number of allylic oxidation sites excluding steroid dienone is 1. The number of carbonyl (C=O) groups is 2. The summed E-state index contributed by atoms with van der Waals surface area (Å²) in [5.41, 5.74) is 3.60. The largest absolute Gasteiger partial charge is 0.508 e. The number of phenols is 1. The van der Waals surface area contributed by atoms with E-state index in [9.17, 15) is 30.0 Å². The standard InChI is InChI=1S/C33H38ClNO6/c34-28-17-25(38)13-11-22(28)15-21(20-7-3-1-4-8-20)12-14-29(39)30-23(18-36)16-26-31(27(30)19-37)33(41)35(32(26)40)24-9-5-2-6-10-24/h1,3-4,7-8,11,13,15,17,24,26-27,29,31,36-39H,2,5-6,9-10,12,14,16,18-19H2/b21-15-/t26-,27+,29-,31-/m1/s1. The zero-order chi connectivity index (χ0) is 29.1. The van der Waals surface area contributed by atoms with Crippen LogP contribution in [-0.4, -0.2) is 62.5 Å². The van der Waals surface area contributed by atoms with Crippen molar-refractivity contribution in [1.29, 1.82) is 0 Å². The number of hydrogen-bond donors (Lipinski definition) is 4. The van der Waals surface area contributed by atoms with Crippen molar-refractivity contribution in [1.82, 2.24) is 4.90 Å². The summed E-state index contributed by atoms with van der Waals surface area (Å²) in [6, 6.07) is 14.4. The Morgan fingerprint density at radius 2 is 1.76 bits per heavy atom. The predicted octanol–water partition coefficient (Wildman–Crippen LogP) is 4.96. The molecule has 5 rings (SSSR count). The number of imide groups is 1. The lowest BCUT2D eigenvalue weighted by Crippen LogP contribution is -2.42. The molecule has 0 spiro atoms. The zero-order valence-electron chi connectivity index (χ0n) is 23.1. The van der Waals surface area contributed by atoms with Crippen molar-refractivity contribution >= 4 is 35.1 Å². The van der Waals surface area contributed by atoms with E-state index >= 15 is 0 Å². The maximum atomic E-state index is 13.7. The van der Waals surface area contributed by atoms with Crippen molar-refractivity contribution in [2.24, 2.45) is 17.8 Å². The van der Waals surface area contributed by atoms with E-state index in [1.165, 1.54) is 11.0 Å². The van der Waals surface area contributed by atoms with Gasteiger partial charge in [0.2, 0.25) is 11.8 Å². The van der Waals surface area contributed by atoms with Crippen LogP contribution in [0.5, 0.6) is 5.75 Å². The average Bonchev–Trinajstić information content (AvgIpc) is 3.24. The molecule has 1 aliphatic heterocycles. The number of nitrogens with zero attached hydrogens (tertiary/aromatic N) is 1. The number of halogens is 1. The Balaban J connectivity index is 1.41. The van der Waals surface area contributed by atoms with Gasteiger partial charge < -0.3 is 20.4 Å². The molecule has 218 valence electrons. The van der Waals surface area contributed by atoms with Crippen molar-refractivity contribution in [2.45, 2.75) is 63.5 Å². The molecule has 2 fully saturated rings. The average molecular weight is 580 g/mol. The Labute approximate surface area is 245 Å². The summed E-state index contributed by atoms with van der Waals surface area (Å²) >= 11 is 6.39. The van der Waals surface area contributed by atoms with Gasteiger partial charge in [0.15, 0.2) is 0 Å². The van der Waals surface area contributed by atoms with E-state index in [1.54, 1.807) is 12.1 Å². The summed E-state index contributed by atoms with van der Waals surface area (Å²) in [6.45, 7) is -0.736. The highest BCUT2D eigenvalue weighted by atomic mass is 35.5. The molecule has 2 aromatic carbocycles. The number of aliphatic hydroxyl groups is 3. The fourth-order valence-corrected chi connectivity index (χ4v) is 7.28. The second kappa shape index (κ2) is 12.9. The summed E-state index contributed by atoms with van der Waals surface area (Å²) in [7, 11) is 0. The second-order valence-electron chi connectivity index (χ2n) is 11.5. The molecular formula is C33H38ClNO6. The van der Waals surface area contributed by atoms with E-state index < -0.39 is 23.9 Å². The molecule has 0 aromatic heterocycles. The number of hydrogen-bond acceptors (Lipinski definition) is 6. The lowest BCUT2D eigenvalue weighted by Gasteiger charge is -2.36. The van der Waals surface area contributed by atoms with Gasteiger partial charge in [-0.1, -0.05) is 61.2 Å². The van der Waals surface area contributed by atoms with Crippen LogP contribution in [0.25, 0.3) is 11.6 Å². The van der Waals surface area contributed by atoms with E-state index in [4.69, 9.17) is 11.6 Å². The zero-order valence-corrected chi connectivity index (χ0v) is 23.8. The maximum absolute atomic E-state index is 13.7. The molecule has 7 nitrogen and oxygen atoms in total. The number of fused-ring (bicyclic) bond motifs is 1. The third kappa shape index (κ3) is 6.00. The molecule has 4 N–H and O–H groups in total. The molecule has 0 unspecified atom stereocenters. The highest BCUT2D eigenvalue weighted by Crippen LogP contribution is 2.47. The number of aliphatic hydroxyl groups excluding tert-OH is 3. The third-order valence-electron chi connectivity index (χ3n) is 9.05. The van der Waals surface area contributed by atoms with Crippen LogP contribution in [0, 0.1) is 17.8 Å². The number of amides is 2. The van der Waals surface area contributed by atoms with Gasteiger partial charge in [0.1, 0.15) is 5.75 Å². The van der Waals surface area contributed by atoms with Crippen LogP contribution in [0.15, 0.2) is 59.7 Å². The summed E-state index contributed by atoms with van der Waals surface area (Å²) in [4.78, 5) is 28.6. The van der Waals surface area contributed by atoms with Crippen molar-refractivity contribution in [3.8, 4) is 5.75 Å². The first-order valence-corrected chi connectivity index (χ1v) is 14.9. The Bertz CT molecular complexity index is 1330. The van der Waals surface area contributed by atoms with E-state index in [1.807, 2.05) is 36.4 Å². The summed E-state index contributed by atoms with van der Waals surface area (Å²) in [6.07, 6.45) is 6.50. The van der Waals surface area contributed by atoms with Gasteiger partial charge in [-0.05, 0) is 84.2 Å². The molecule has 2 aliphatic carbocycles. The predicted molar refractivity (Wildman–Crippen MR) is 158 cm³/mol. The molecule has 2 amide bonds. The highest BCUT2D eigenvalue weighted by molar-refractivity contribution is 6.32. The minimum atomic E-state index is -1.02. The minimum absolute atomic E-state index is 0.0694. The van der Waals surface area contributed by atoms with Gasteiger partial charge in [0.25, 0.3) is 0 Å². The summed E-state index contributed by atoms with van der Waals surface area (Å²) < 4.78 is 0. The van der Waals surface area contributed by atoms with Gasteiger partial charge in [-0.25, -0.2) is 0 Å². The van der Waals surface area contributed by atoms with Gasteiger partial charge in [-0.3, -0.25) is 14.5 Å². The van der Waals surface area contributed by atoms with E-state index in [0.29, 0.717) is 22.6 Å². The smallest absolute Gasteiger partial charge is 0.234 e. The van der Waals surface area contributed by atoms with Crippen molar-refractivity contribution < 1.29 is 30.0 Å². The monoisotopic (exact) mass is 579 g/mol. The van der Waals surface area contributed by atoms with Crippen molar-refractivity contribution in [3.63, 3.8) is 0 Å². The molecule has 41 heavy (non-hydrogen) atoms. The number of benzene rings is 2. The number of rotatable bonds is 9. The summed E-state index contributed by atoms with van der Waals surface area (Å²) in [5, 5.41) is 42.5. The minimum Gasteiger partial charge on any atom is -0.508 e. The molecule has 0 radical (unpaired) electrons. The van der Waals surface area contributed by atoms with E-state index in [0.717, 1.165) is 48.8 Å². The van der Waals surface area contributed by atoms with E-state index in [-0.39, 0.29) is 49.7 Å². The Kier molecular flexibility index (Phi) is 9.29. The Hall–Kier alpha value is -2.97. The molecule has 1 saturated carbocycles. The van der Waals surface area contributed by atoms with Gasteiger partial charge in [-0.15, -0.1) is 0 Å². The first-order chi connectivity index (χ1) is 19.8. The lowest BCUT2D eigenvalue weighted by molar-refractivity contribution is -0.143. The summed E-state index contributed by atoms with van der Waals surface area (Å²) in [5.74, 6) is -2.46. The Morgan fingerprint density at radius 3 is 2.41 bits per heavy atom. The quantitative estimate of drug-likeness (QED) is 0.189. The highest BCUT2D eigenvalue weighted by Gasteiger charge is 2.56. The molecule has 1 saturated heterocycles. The molecule has 2 aromatic rings. The topological polar surface area (TPSA) is 118 Å². The van der Waals surface area contributed by atoms with Crippen LogP contribution in [-0.2, 0) is 9.59 Å². The van der Waals surface area contributed by atoms with Crippen LogP contribution in [0.4, 0.5) is 0 Å². The normalized spacial score (nSPS) is 24.6. The number of aromatic hydroxyl groups is 1. The van der Waals surface area contributed by atoms with Gasteiger partial charge >= 0.3 is 0 Å². The van der Waals surface area contributed by atoms with E-state index in [2.05, 4.69) is 0 Å². The van der Waals surface area contributed by atoms with Crippen LogP contribution in [0.1, 0.15) is 62.5 Å². The molecular weight excluding hydrogens is 542 g/mol. The third-order valence-corrected chi connectivity index (χ3v) is 9.38. The molecule has 8 heteroatoms. The fraction of sp³-hybridized carbons (Fsp3) is 0.455. The van der Waals surface area contributed by atoms with Gasteiger partial charge in [0.05, 0.1) is 36.2 Å². The van der Waals surface area contributed by atoms with Crippen LogP contribution >= 0.6 is 11.6 Å². The number of likely N-dealkylation sites (tertiary alicyclic amines) is 1. The first-order valence-electron chi connectivity index (χ1n) is 14.6. The molecule has 0 bridgehead atoms.